The summed E-state index contributed by atoms with van der Waals surface area (Å²) in [5, 5.41) is 0. The zero-order valence-corrected chi connectivity index (χ0v) is 9.87. The summed E-state index contributed by atoms with van der Waals surface area (Å²) in [5.74, 6) is -0.705. The Hall–Kier alpha value is -1.63. The van der Waals surface area contributed by atoms with Gasteiger partial charge in [0.25, 0.3) is 5.91 Å². The van der Waals surface area contributed by atoms with Crippen LogP contribution < -0.4 is 5.73 Å². The van der Waals surface area contributed by atoms with E-state index in [1.807, 2.05) is 0 Å². The normalized spacial score (nSPS) is 11.4. The van der Waals surface area contributed by atoms with Gasteiger partial charge in [-0.25, -0.2) is 0 Å². The van der Waals surface area contributed by atoms with Crippen LogP contribution in [0.15, 0.2) is 18.3 Å². The van der Waals surface area contributed by atoms with Gasteiger partial charge in [-0.3, -0.25) is 9.78 Å². The van der Waals surface area contributed by atoms with Crippen LogP contribution in [-0.4, -0.2) is 41.6 Å². The number of hydrogen-bond donors (Lipinski definition) is 1. The number of nitrogens with two attached hydrogens (primary N) is 1. The molecule has 1 aromatic rings. The maximum atomic E-state index is 12.4. The summed E-state index contributed by atoms with van der Waals surface area (Å²) in [6, 6.07) is 2.96. The lowest BCUT2D eigenvalue weighted by molar-refractivity contribution is -0.140. The van der Waals surface area contributed by atoms with Gasteiger partial charge < -0.3 is 10.6 Å². The first-order chi connectivity index (χ1) is 8.35. The molecule has 0 atom stereocenters. The van der Waals surface area contributed by atoms with E-state index in [-0.39, 0.29) is 18.7 Å². The molecule has 18 heavy (non-hydrogen) atoms. The summed E-state index contributed by atoms with van der Waals surface area (Å²) >= 11 is 0. The number of carbonyl (C=O) groups excluding carboxylic acids is 1. The second-order valence-electron chi connectivity index (χ2n) is 3.77. The van der Waals surface area contributed by atoms with E-state index in [1.54, 1.807) is 6.92 Å². The van der Waals surface area contributed by atoms with Crippen molar-refractivity contribution in [1.29, 1.82) is 0 Å². The molecule has 0 spiro atoms. The molecule has 2 N–H and O–H groups in total. The SMILES string of the molecule is Cc1ncccc1C(=O)N(CCN)CC(F)(F)F. The van der Waals surface area contributed by atoms with Crippen LogP contribution in [0.3, 0.4) is 0 Å². The van der Waals surface area contributed by atoms with E-state index in [4.69, 9.17) is 5.73 Å². The summed E-state index contributed by atoms with van der Waals surface area (Å²) in [4.78, 5) is 16.5. The average molecular weight is 261 g/mol. The molecule has 0 radical (unpaired) electrons. The fourth-order valence-corrected chi connectivity index (χ4v) is 1.51. The number of amides is 1. The molecule has 100 valence electrons. The molecule has 0 aliphatic rings. The Labute approximate surface area is 103 Å². The minimum atomic E-state index is -4.44. The number of aryl methyl sites for hydroxylation is 1. The predicted octanol–water partition coefficient (Wildman–Crippen LogP) is 1.35. The average Bonchev–Trinajstić information content (AvgIpc) is 2.26. The first kappa shape index (κ1) is 14.4. The van der Waals surface area contributed by atoms with E-state index >= 15 is 0 Å². The van der Waals surface area contributed by atoms with E-state index in [2.05, 4.69) is 4.98 Å². The molecule has 1 aromatic heterocycles. The highest BCUT2D eigenvalue weighted by Gasteiger charge is 2.33. The molecule has 0 unspecified atom stereocenters. The third kappa shape index (κ3) is 3.99. The van der Waals surface area contributed by atoms with Gasteiger partial charge in [-0.2, -0.15) is 13.2 Å². The van der Waals surface area contributed by atoms with Crippen molar-refractivity contribution >= 4 is 5.91 Å². The van der Waals surface area contributed by atoms with E-state index < -0.39 is 18.6 Å². The molecule has 0 fully saturated rings. The van der Waals surface area contributed by atoms with Crippen molar-refractivity contribution in [3.8, 4) is 0 Å². The molecular weight excluding hydrogens is 247 g/mol. The fourth-order valence-electron chi connectivity index (χ4n) is 1.51. The van der Waals surface area contributed by atoms with Gasteiger partial charge in [-0.05, 0) is 19.1 Å². The molecule has 0 bridgehead atoms. The van der Waals surface area contributed by atoms with Gasteiger partial charge in [-0.1, -0.05) is 0 Å². The van der Waals surface area contributed by atoms with Crippen LogP contribution in [0.5, 0.6) is 0 Å². The number of rotatable bonds is 4. The maximum absolute atomic E-state index is 12.4. The van der Waals surface area contributed by atoms with Crippen LogP contribution >= 0.6 is 0 Å². The van der Waals surface area contributed by atoms with Gasteiger partial charge in [-0.15, -0.1) is 0 Å². The topological polar surface area (TPSA) is 59.2 Å². The Bertz CT molecular complexity index is 420. The van der Waals surface area contributed by atoms with E-state index in [0.29, 0.717) is 10.6 Å². The highest BCUT2D eigenvalue weighted by Crippen LogP contribution is 2.18. The standard InChI is InChI=1S/C11H14F3N3O/c1-8-9(3-2-5-16-8)10(18)17(6-4-15)7-11(12,13)14/h2-3,5H,4,6-7,15H2,1H3. The summed E-state index contributed by atoms with van der Waals surface area (Å²) < 4.78 is 37.1. The van der Waals surface area contributed by atoms with Gasteiger partial charge in [0.1, 0.15) is 6.54 Å². The zero-order chi connectivity index (χ0) is 13.8. The first-order valence-corrected chi connectivity index (χ1v) is 5.33. The van der Waals surface area contributed by atoms with Crippen molar-refractivity contribution in [1.82, 2.24) is 9.88 Å². The van der Waals surface area contributed by atoms with E-state index in [0.717, 1.165) is 0 Å². The Morgan fingerprint density at radius 3 is 2.67 bits per heavy atom. The summed E-state index contributed by atoms with van der Waals surface area (Å²) in [6.07, 6.45) is -2.97. The minimum absolute atomic E-state index is 0.0267. The summed E-state index contributed by atoms with van der Waals surface area (Å²) in [7, 11) is 0. The number of pyridine rings is 1. The predicted molar refractivity (Wildman–Crippen MR) is 60.0 cm³/mol. The quantitative estimate of drug-likeness (QED) is 0.890. The number of alkyl halides is 3. The van der Waals surface area contributed by atoms with Crippen molar-refractivity contribution in [2.75, 3.05) is 19.6 Å². The number of hydrogen-bond acceptors (Lipinski definition) is 3. The third-order valence-electron chi connectivity index (χ3n) is 2.29. The Balaban J connectivity index is 2.93. The molecule has 4 nitrogen and oxygen atoms in total. The summed E-state index contributed by atoms with van der Waals surface area (Å²) in [5.41, 5.74) is 5.78. The molecule has 0 aromatic carbocycles. The van der Waals surface area contributed by atoms with Gasteiger partial charge in [0.2, 0.25) is 0 Å². The molecule has 0 saturated heterocycles. The molecule has 0 aliphatic carbocycles. The lowest BCUT2D eigenvalue weighted by Gasteiger charge is -2.23. The van der Waals surface area contributed by atoms with Gasteiger partial charge >= 0.3 is 6.18 Å². The van der Waals surface area contributed by atoms with Crippen molar-refractivity contribution in [2.45, 2.75) is 13.1 Å². The van der Waals surface area contributed by atoms with Crippen LogP contribution in [0.1, 0.15) is 16.1 Å². The third-order valence-corrected chi connectivity index (χ3v) is 2.29. The minimum Gasteiger partial charge on any atom is -0.329 e. The van der Waals surface area contributed by atoms with Crippen LogP contribution in [0.25, 0.3) is 0 Å². The zero-order valence-electron chi connectivity index (χ0n) is 9.87. The lowest BCUT2D eigenvalue weighted by Crippen LogP contribution is -2.42. The first-order valence-electron chi connectivity index (χ1n) is 5.33. The molecule has 0 saturated carbocycles. The smallest absolute Gasteiger partial charge is 0.329 e. The molecule has 1 heterocycles. The van der Waals surface area contributed by atoms with Gasteiger partial charge in [0.15, 0.2) is 0 Å². The van der Waals surface area contributed by atoms with Gasteiger partial charge in [0.05, 0.1) is 5.56 Å². The Morgan fingerprint density at radius 2 is 2.17 bits per heavy atom. The number of aromatic nitrogens is 1. The molecule has 0 aliphatic heterocycles. The highest BCUT2D eigenvalue weighted by molar-refractivity contribution is 5.95. The lowest BCUT2D eigenvalue weighted by atomic mass is 10.2. The largest absolute Gasteiger partial charge is 0.406 e. The molecule has 1 amide bonds. The van der Waals surface area contributed by atoms with Gasteiger partial charge in [0, 0.05) is 25.0 Å². The second-order valence-corrected chi connectivity index (χ2v) is 3.77. The van der Waals surface area contributed by atoms with E-state index in [9.17, 15) is 18.0 Å². The Kier molecular flexibility index (Phi) is 4.66. The van der Waals surface area contributed by atoms with Crippen molar-refractivity contribution < 1.29 is 18.0 Å². The number of carbonyl (C=O) groups is 1. The van der Waals surface area contributed by atoms with Crippen LogP contribution in [0, 0.1) is 6.92 Å². The van der Waals surface area contributed by atoms with Crippen LogP contribution in [-0.2, 0) is 0 Å². The monoisotopic (exact) mass is 261 g/mol. The molecule has 1 rings (SSSR count). The summed E-state index contributed by atoms with van der Waals surface area (Å²) in [6.45, 7) is 0.0899. The van der Waals surface area contributed by atoms with Crippen molar-refractivity contribution in [3.63, 3.8) is 0 Å². The highest BCUT2D eigenvalue weighted by atomic mass is 19.4. The molecular formula is C11H14F3N3O. The van der Waals surface area contributed by atoms with Crippen molar-refractivity contribution in [3.05, 3.63) is 29.6 Å². The molecule has 7 heteroatoms. The Morgan fingerprint density at radius 1 is 1.50 bits per heavy atom. The van der Waals surface area contributed by atoms with Crippen LogP contribution in [0.2, 0.25) is 0 Å². The maximum Gasteiger partial charge on any atom is 0.406 e. The fraction of sp³-hybridized carbons (Fsp3) is 0.455. The van der Waals surface area contributed by atoms with E-state index in [1.165, 1.54) is 18.3 Å². The number of nitrogens with zero attached hydrogens (tertiary/aromatic N) is 2. The number of halogens is 3. The van der Waals surface area contributed by atoms with Crippen molar-refractivity contribution in [2.24, 2.45) is 5.73 Å². The van der Waals surface area contributed by atoms with Crippen LogP contribution in [0.4, 0.5) is 13.2 Å². The second kappa shape index (κ2) is 5.81.